The van der Waals surface area contributed by atoms with Crippen molar-refractivity contribution in [2.75, 3.05) is 13.2 Å². The molecule has 4 N–H and O–H groups in total. The lowest BCUT2D eigenvalue weighted by atomic mass is 9.98. The van der Waals surface area contributed by atoms with E-state index in [4.69, 9.17) is 16.2 Å². The number of rotatable bonds is 5. The minimum atomic E-state index is -0.319. The van der Waals surface area contributed by atoms with Crippen molar-refractivity contribution < 1.29 is 4.74 Å². The number of guanidine groups is 1. The second-order valence-electron chi connectivity index (χ2n) is 4.03. The molecule has 1 aromatic carbocycles. The van der Waals surface area contributed by atoms with Crippen molar-refractivity contribution in [3.05, 3.63) is 35.9 Å². The average Bonchev–Trinajstić information content (AvgIpc) is 2.26. The smallest absolute Gasteiger partial charge is 0.185 e. The first kappa shape index (κ1) is 12.5. The van der Waals surface area contributed by atoms with Crippen LogP contribution in [-0.2, 0) is 10.3 Å². The molecule has 1 rings (SSSR count). The summed E-state index contributed by atoms with van der Waals surface area (Å²) in [6.45, 7) is 5.04. The lowest BCUT2D eigenvalue weighted by Crippen LogP contribution is -2.26. The highest BCUT2D eigenvalue weighted by Gasteiger charge is 2.20. The molecule has 0 aliphatic rings. The number of benzene rings is 1. The Bertz CT molecular complexity index is 343. The zero-order chi connectivity index (χ0) is 12.0. The molecule has 16 heavy (non-hydrogen) atoms. The zero-order valence-electron chi connectivity index (χ0n) is 9.81. The van der Waals surface area contributed by atoms with Crippen LogP contribution in [0.1, 0.15) is 19.4 Å². The summed E-state index contributed by atoms with van der Waals surface area (Å²) in [6, 6.07) is 10.1. The molecule has 0 fully saturated rings. The van der Waals surface area contributed by atoms with Crippen molar-refractivity contribution in [2.24, 2.45) is 16.5 Å². The molecule has 0 atom stereocenters. The monoisotopic (exact) mass is 221 g/mol. The van der Waals surface area contributed by atoms with Gasteiger partial charge in [-0.05, 0) is 19.4 Å². The van der Waals surface area contributed by atoms with Crippen LogP contribution < -0.4 is 11.5 Å². The van der Waals surface area contributed by atoms with Gasteiger partial charge in [-0.1, -0.05) is 30.3 Å². The summed E-state index contributed by atoms with van der Waals surface area (Å²) in [4.78, 5) is 3.87. The van der Waals surface area contributed by atoms with Crippen LogP contribution in [0.25, 0.3) is 0 Å². The van der Waals surface area contributed by atoms with E-state index >= 15 is 0 Å². The van der Waals surface area contributed by atoms with Gasteiger partial charge < -0.3 is 16.2 Å². The van der Waals surface area contributed by atoms with Gasteiger partial charge in [-0.15, -0.1) is 0 Å². The van der Waals surface area contributed by atoms with E-state index in [0.29, 0.717) is 13.2 Å². The molecule has 0 spiro atoms. The van der Waals surface area contributed by atoms with Crippen LogP contribution in [0.15, 0.2) is 35.3 Å². The zero-order valence-corrected chi connectivity index (χ0v) is 9.81. The summed E-state index contributed by atoms with van der Waals surface area (Å²) in [7, 11) is 0. The summed E-state index contributed by atoms with van der Waals surface area (Å²) < 4.78 is 5.75. The van der Waals surface area contributed by atoms with Gasteiger partial charge in [0.05, 0.1) is 18.8 Å². The number of hydrogen-bond acceptors (Lipinski definition) is 2. The first-order valence-corrected chi connectivity index (χ1v) is 5.27. The fourth-order valence-electron chi connectivity index (χ4n) is 1.40. The summed E-state index contributed by atoms with van der Waals surface area (Å²) >= 11 is 0. The highest BCUT2D eigenvalue weighted by molar-refractivity contribution is 5.75. The maximum absolute atomic E-state index is 5.75. The molecule has 0 aliphatic heterocycles. The maximum Gasteiger partial charge on any atom is 0.185 e. The number of nitrogens with two attached hydrogens (primary N) is 2. The predicted octanol–water partition coefficient (Wildman–Crippen LogP) is 1.21. The molecule has 4 nitrogen and oxygen atoms in total. The van der Waals surface area contributed by atoms with Gasteiger partial charge in [0, 0.05) is 0 Å². The quantitative estimate of drug-likeness (QED) is 0.446. The normalized spacial score (nSPS) is 11.1. The Labute approximate surface area is 96.3 Å². The van der Waals surface area contributed by atoms with Crippen molar-refractivity contribution in [3.63, 3.8) is 0 Å². The molecule has 0 saturated heterocycles. The highest BCUT2D eigenvalue weighted by atomic mass is 16.5. The third kappa shape index (κ3) is 3.90. The van der Waals surface area contributed by atoms with Crippen molar-refractivity contribution in [3.8, 4) is 0 Å². The van der Waals surface area contributed by atoms with Crippen molar-refractivity contribution in [1.29, 1.82) is 0 Å². The molecule has 0 radical (unpaired) electrons. The van der Waals surface area contributed by atoms with E-state index < -0.39 is 0 Å². The van der Waals surface area contributed by atoms with Crippen molar-refractivity contribution in [1.82, 2.24) is 0 Å². The lowest BCUT2D eigenvalue weighted by Gasteiger charge is -2.25. The van der Waals surface area contributed by atoms with Crippen LogP contribution in [-0.4, -0.2) is 19.1 Å². The topological polar surface area (TPSA) is 73.6 Å². The van der Waals surface area contributed by atoms with E-state index in [1.165, 1.54) is 0 Å². The Morgan fingerprint density at radius 1 is 1.25 bits per heavy atom. The minimum absolute atomic E-state index is 0.0983. The van der Waals surface area contributed by atoms with Gasteiger partial charge in [0.1, 0.15) is 0 Å². The SMILES string of the molecule is CC(C)(OCCN=C(N)N)c1ccccc1. The number of aliphatic imine (C=N–C) groups is 1. The van der Waals surface area contributed by atoms with Crippen molar-refractivity contribution >= 4 is 5.96 Å². The maximum atomic E-state index is 5.75. The molecule has 1 aromatic rings. The molecule has 0 saturated carbocycles. The fourth-order valence-corrected chi connectivity index (χ4v) is 1.40. The summed E-state index contributed by atoms with van der Waals surface area (Å²) in [5.74, 6) is 0.0983. The Balaban J connectivity index is 2.50. The van der Waals surface area contributed by atoms with Crippen LogP contribution in [0.4, 0.5) is 0 Å². The predicted molar refractivity (Wildman–Crippen MR) is 66.1 cm³/mol. The lowest BCUT2D eigenvalue weighted by molar-refractivity contribution is -0.0170. The average molecular weight is 221 g/mol. The first-order valence-electron chi connectivity index (χ1n) is 5.27. The Hall–Kier alpha value is -1.55. The van der Waals surface area contributed by atoms with Crippen LogP contribution in [0, 0.1) is 0 Å². The van der Waals surface area contributed by atoms with Gasteiger partial charge >= 0.3 is 0 Å². The molecular weight excluding hydrogens is 202 g/mol. The molecule has 0 bridgehead atoms. The molecule has 0 aromatic heterocycles. The molecule has 4 heteroatoms. The van der Waals surface area contributed by atoms with E-state index in [1.54, 1.807) is 0 Å². The van der Waals surface area contributed by atoms with E-state index in [2.05, 4.69) is 4.99 Å². The summed E-state index contributed by atoms with van der Waals surface area (Å²) in [5.41, 5.74) is 11.3. The van der Waals surface area contributed by atoms with Gasteiger partial charge in [-0.25, -0.2) is 0 Å². The Morgan fingerprint density at radius 3 is 2.44 bits per heavy atom. The largest absolute Gasteiger partial charge is 0.370 e. The van der Waals surface area contributed by atoms with Gasteiger partial charge in [-0.2, -0.15) is 0 Å². The first-order chi connectivity index (χ1) is 7.52. The standard InChI is InChI=1S/C12H19N3O/c1-12(2,10-6-4-3-5-7-10)16-9-8-15-11(13)14/h3-7H,8-9H2,1-2H3,(H4,13,14,15). The highest BCUT2D eigenvalue weighted by Crippen LogP contribution is 2.23. The number of ether oxygens (including phenoxy) is 1. The molecule has 0 amide bonds. The van der Waals surface area contributed by atoms with E-state index in [-0.39, 0.29) is 11.6 Å². The van der Waals surface area contributed by atoms with E-state index in [0.717, 1.165) is 5.56 Å². The Morgan fingerprint density at radius 2 is 1.88 bits per heavy atom. The second kappa shape index (κ2) is 5.51. The third-order valence-electron chi connectivity index (χ3n) is 2.32. The van der Waals surface area contributed by atoms with Gasteiger partial charge in [-0.3, -0.25) is 4.99 Å². The number of nitrogens with zero attached hydrogens (tertiary/aromatic N) is 1. The number of hydrogen-bond donors (Lipinski definition) is 2. The van der Waals surface area contributed by atoms with Gasteiger partial charge in [0.2, 0.25) is 0 Å². The van der Waals surface area contributed by atoms with Crippen molar-refractivity contribution in [2.45, 2.75) is 19.4 Å². The minimum Gasteiger partial charge on any atom is -0.370 e. The molecule has 0 unspecified atom stereocenters. The summed E-state index contributed by atoms with van der Waals surface area (Å²) in [5, 5.41) is 0. The third-order valence-corrected chi connectivity index (χ3v) is 2.32. The molecule has 88 valence electrons. The molecule has 0 heterocycles. The van der Waals surface area contributed by atoms with Crippen LogP contribution in [0.5, 0.6) is 0 Å². The Kier molecular flexibility index (Phi) is 4.31. The second-order valence-corrected chi connectivity index (χ2v) is 4.03. The van der Waals surface area contributed by atoms with Gasteiger partial charge in [0.15, 0.2) is 5.96 Å². The van der Waals surface area contributed by atoms with E-state index in [9.17, 15) is 0 Å². The fraction of sp³-hybridized carbons (Fsp3) is 0.417. The van der Waals surface area contributed by atoms with E-state index in [1.807, 2.05) is 44.2 Å². The van der Waals surface area contributed by atoms with Crippen LogP contribution in [0.2, 0.25) is 0 Å². The molecule has 0 aliphatic carbocycles. The molecular formula is C12H19N3O. The van der Waals surface area contributed by atoms with Crippen LogP contribution in [0.3, 0.4) is 0 Å². The summed E-state index contributed by atoms with van der Waals surface area (Å²) in [6.07, 6.45) is 0. The van der Waals surface area contributed by atoms with Gasteiger partial charge in [0.25, 0.3) is 0 Å². The van der Waals surface area contributed by atoms with Crippen LogP contribution >= 0.6 is 0 Å².